The zero-order valence-electron chi connectivity index (χ0n) is 18.0. The number of carbonyl (C=O) groups excluding carboxylic acids is 2. The van der Waals surface area contributed by atoms with Crippen molar-refractivity contribution < 1.29 is 9.59 Å². The van der Waals surface area contributed by atoms with Gasteiger partial charge in [0.15, 0.2) is 0 Å². The molecule has 1 aliphatic rings. The molecule has 0 atom stereocenters. The standard InChI is InChI=1S/C21H33N5O2/c1-14-15(2)26(16-9-7-8-10-16)20(17(14)11-22)23-18(27)12-25(6)13-19(28)24-21(3,4)5/h16H,7-10,12-13H2,1-6H3,(H,23,27)(H,24,28). The summed E-state index contributed by atoms with van der Waals surface area (Å²) in [4.78, 5) is 26.4. The van der Waals surface area contributed by atoms with Crippen molar-refractivity contribution in [3.05, 3.63) is 16.8 Å². The number of likely N-dealkylation sites (N-methyl/N-ethyl adjacent to an activating group) is 1. The fraction of sp³-hybridized carbons (Fsp3) is 0.667. The predicted molar refractivity (Wildman–Crippen MR) is 110 cm³/mol. The van der Waals surface area contributed by atoms with E-state index < -0.39 is 0 Å². The highest BCUT2D eigenvalue weighted by Gasteiger charge is 2.27. The summed E-state index contributed by atoms with van der Waals surface area (Å²) < 4.78 is 2.13. The minimum absolute atomic E-state index is 0.0797. The third kappa shape index (κ3) is 5.35. The van der Waals surface area contributed by atoms with Crippen molar-refractivity contribution >= 4 is 17.6 Å². The summed E-state index contributed by atoms with van der Waals surface area (Å²) in [5, 5.41) is 15.5. The molecular weight excluding hydrogens is 354 g/mol. The first kappa shape index (κ1) is 22.0. The van der Waals surface area contributed by atoms with Crippen LogP contribution in [0.4, 0.5) is 5.82 Å². The summed E-state index contributed by atoms with van der Waals surface area (Å²) >= 11 is 0. The van der Waals surface area contributed by atoms with Crippen molar-refractivity contribution in [3.63, 3.8) is 0 Å². The lowest BCUT2D eigenvalue weighted by atomic mass is 10.1. The molecule has 0 aromatic carbocycles. The summed E-state index contributed by atoms with van der Waals surface area (Å²) in [6.07, 6.45) is 4.47. The summed E-state index contributed by atoms with van der Waals surface area (Å²) in [5.74, 6) is 0.253. The fourth-order valence-corrected chi connectivity index (χ4v) is 3.88. The second-order valence-corrected chi connectivity index (χ2v) is 8.87. The Morgan fingerprint density at radius 3 is 2.29 bits per heavy atom. The molecule has 7 heteroatoms. The van der Waals surface area contributed by atoms with E-state index in [1.54, 1.807) is 11.9 Å². The van der Waals surface area contributed by atoms with Gasteiger partial charge in [-0.05, 0) is 60.1 Å². The molecule has 1 aromatic heterocycles. The van der Waals surface area contributed by atoms with E-state index in [1.807, 2.05) is 34.6 Å². The van der Waals surface area contributed by atoms with Crippen LogP contribution in [0.1, 0.15) is 69.3 Å². The number of amides is 2. The maximum atomic E-state index is 12.6. The van der Waals surface area contributed by atoms with Gasteiger partial charge in [0.05, 0.1) is 18.7 Å². The summed E-state index contributed by atoms with van der Waals surface area (Å²) in [5.41, 5.74) is 2.18. The molecule has 0 saturated heterocycles. The third-order valence-corrected chi connectivity index (χ3v) is 5.16. The Morgan fingerprint density at radius 1 is 1.18 bits per heavy atom. The largest absolute Gasteiger partial charge is 0.350 e. The average Bonchev–Trinajstić information content (AvgIpc) is 3.13. The predicted octanol–water partition coefficient (Wildman–Crippen LogP) is 2.88. The summed E-state index contributed by atoms with van der Waals surface area (Å²) in [7, 11) is 1.74. The molecule has 1 aromatic rings. The highest BCUT2D eigenvalue weighted by atomic mass is 16.2. The molecule has 0 radical (unpaired) electrons. The first-order chi connectivity index (χ1) is 13.0. The molecule has 28 heavy (non-hydrogen) atoms. The van der Waals surface area contributed by atoms with E-state index in [9.17, 15) is 14.9 Å². The van der Waals surface area contributed by atoms with Gasteiger partial charge in [-0.3, -0.25) is 14.5 Å². The lowest BCUT2D eigenvalue weighted by Gasteiger charge is -2.23. The van der Waals surface area contributed by atoms with Gasteiger partial charge in [-0.1, -0.05) is 12.8 Å². The van der Waals surface area contributed by atoms with Crippen molar-refractivity contribution in [1.29, 1.82) is 5.26 Å². The van der Waals surface area contributed by atoms with Crippen molar-refractivity contribution in [2.45, 2.75) is 71.9 Å². The van der Waals surface area contributed by atoms with E-state index in [4.69, 9.17) is 0 Å². The molecule has 2 N–H and O–H groups in total. The van der Waals surface area contributed by atoms with Crippen molar-refractivity contribution in [2.75, 3.05) is 25.5 Å². The van der Waals surface area contributed by atoms with E-state index in [-0.39, 0.29) is 30.4 Å². The molecule has 154 valence electrons. The van der Waals surface area contributed by atoms with E-state index in [0.717, 1.165) is 24.1 Å². The molecule has 0 unspecified atom stereocenters. The molecule has 1 fully saturated rings. The zero-order chi connectivity index (χ0) is 21.1. The van der Waals surface area contributed by atoms with Crippen molar-refractivity contribution in [2.24, 2.45) is 0 Å². The van der Waals surface area contributed by atoms with E-state index >= 15 is 0 Å². The number of nitrogens with zero attached hydrogens (tertiary/aromatic N) is 3. The molecular formula is C21H33N5O2. The molecule has 1 heterocycles. The van der Waals surface area contributed by atoms with Crippen LogP contribution in [-0.4, -0.2) is 47.0 Å². The molecule has 0 bridgehead atoms. The summed E-state index contributed by atoms with van der Waals surface area (Å²) in [6, 6.07) is 2.58. The van der Waals surface area contributed by atoms with Gasteiger partial charge >= 0.3 is 0 Å². The lowest BCUT2D eigenvalue weighted by Crippen LogP contribution is -2.46. The van der Waals surface area contributed by atoms with Gasteiger partial charge in [0.2, 0.25) is 11.8 Å². The van der Waals surface area contributed by atoms with Crippen LogP contribution in [0.2, 0.25) is 0 Å². The van der Waals surface area contributed by atoms with Crippen LogP contribution in [0, 0.1) is 25.2 Å². The Morgan fingerprint density at radius 2 is 1.75 bits per heavy atom. The van der Waals surface area contributed by atoms with Crippen LogP contribution in [0.3, 0.4) is 0 Å². The van der Waals surface area contributed by atoms with Crippen LogP contribution in [-0.2, 0) is 9.59 Å². The zero-order valence-corrected chi connectivity index (χ0v) is 18.0. The van der Waals surface area contributed by atoms with Gasteiger partial charge in [-0.2, -0.15) is 5.26 Å². The summed E-state index contributed by atoms with van der Waals surface area (Å²) in [6.45, 7) is 9.91. The maximum Gasteiger partial charge on any atom is 0.239 e. The van der Waals surface area contributed by atoms with Gasteiger partial charge in [-0.15, -0.1) is 0 Å². The average molecular weight is 388 g/mol. The first-order valence-corrected chi connectivity index (χ1v) is 9.94. The van der Waals surface area contributed by atoms with Crippen LogP contribution in [0.5, 0.6) is 0 Å². The number of rotatable bonds is 6. The van der Waals surface area contributed by atoms with Gasteiger partial charge in [0, 0.05) is 17.3 Å². The van der Waals surface area contributed by atoms with Crippen LogP contribution < -0.4 is 10.6 Å². The second kappa shape index (κ2) is 8.78. The molecule has 2 amide bonds. The Balaban J connectivity index is 2.10. The second-order valence-electron chi connectivity index (χ2n) is 8.87. The van der Waals surface area contributed by atoms with Gasteiger partial charge in [-0.25, -0.2) is 0 Å². The van der Waals surface area contributed by atoms with Crippen LogP contribution in [0.25, 0.3) is 0 Å². The number of aromatic nitrogens is 1. The maximum absolute atomic E-state index is 12.6. The highest BCUT2D eigenvalue weighted by Crippen LogP contribution is 2.37. The fourth-order valence-electron chi connectivity index (χ4n) is 3.88. The van der Waals surface area contributed by atoms with Gasteiger partial charge in [0.25, 0.3) is 0 Å². The van der Waals surface area contributed by atoms with E-state index in [0.29, 0.717) is 17.4 Å². The van der Waals surface area contributed by atoms with E-state index in [1.165, 1.54) is 12.8 Å². The van der Waals surface area contributed by atoms with Crippen molar-refractivity contribution in [1.82, 2.24) is 14.8 Å². The molecule has 7 nitrogen and oxygen atoms in total. The molecule has 2 rings (SSSR count). The number of nitrogens with one attached hydrogen (secondary N) is 2. The number of carbonyl (C=O) groups is 2. The molecule has 1 saturated carbocycles. The Bertz CT molecular complexity index is 776. The Hall–Kier alpha value is -2.33. The molecule has 1 aliphatic carbocycles. The number of nitriles is 1. The molecule has 0 aliphatic heterocycles. The van der Waals surface area contributed by atoms with Gasteiger partial charge < -0.3 is 15.2 Å². The smallest absolute Gasteiger partial charge is 0.239 e. The normalized spacial score (nSPS) is 14.9. The SMILES string of the molecule is Cc1c(C#N)c(NC(=O)CN(C)CC(=O)NC(C)(C)C)n(C2CCCC2)c1C. The first-order valence-electron chi connectivity index (χ1n) is 9.94. The Kier molecular flexibility index (Phi) is 6.89. The van der Waals surface area contributed by atoms with Crippen LogP contribution >= 0.6 is 0 Å². The highest BCUT2D eigenvalue weighted by molar-refractivity contribution is 5.93. The minimum Gasteiger partial charge on any atom is -0.350 e. The third-order valence-electron chi connectivity index (χ3n) is 5.16. The Labute approximate surface area is 168 Å². The number of hydrogen-bond donors (Lipinski definition) is 2. The van der Waals surface area contributed by atoms with Crippen molar-refractivity contribution in [3.8, 4) is 6.07 Å². The topological polar surface area (TPSA) is 90.2 Å². The van der Waals surface area contributed by atoms with Gasteiger partial charge in [0.1, 0.15) is 11.9 Å². The van der Waals surface area contributed by atoms with E-state index in [2.05, 4.69) is 21.3 Å². The quantitative estimate of drug-likeness (QED) is 0.785. The lowest BCUT2D eigenvalue weighted by molar-refractivity contribution is -0.124. The monoisotopic (exact) mass is 387 g/mol. The van der Waals surface area contributed by atoms with Crippen LogP contribution in [0.15, 0.2) is 0 Å². The molecule has 0 spiro atoms. The minimum atomic E-state index is -0.307. The number of hydrogen-bond acceptors (Lipinski definition) is 4. The number of anilines is 1.